The molecule has 14 heteroatoms. The van der Waals surface area contributed by atoms with Crippen molar-refractivity contribution < 1.29 is 38.9 Å². The highest BCUT2D eigenvalue weighted by atomic mass is 32.5. The standard InChI is InChI=1S/C11H16N5O7PS/c1-15-3-16(8-5(15)9(19)14-11(12)13-8)10-7(18)6(17)4(23-10)2-22-24(20,21)25/h3-4,6-7,10,17-18H,2H2,1H3,(H4-,12,13,14,19,20,21,25)/t4-,6-,7-,10-/m1/s1. The van der Waals surface area contributed by atoms with Gasteiger partial charge in [-0.1, -0.05) is 4.98 Å². The molecule has 0 unspecified atom stereocenters. The molecule has 0 spiro atoms. The Hall–Kier alpha value is -1.44. The fourth-order valence-electron chi connectivity index (χ4n) is 2.68. The van der Waals surface area contributed by atoms with E-state index in [9.17, 15) is 15.3 Å². The molecule has 2 aromatic heterocycles. The van der Waals surface area contributed by atoms with E-state index in [1.165, 1.54) is 15.5 Å². The second kappa shape index (κ2) is 6.37. The van der Waals surface area contributed by atoms with Gasteiger partial charge in [-0.05, 0) is 11.8 Å². The number of aryl methyl sites for hydroxylation is 1. The summed E-state index contributed by atoms with van der Waals surface area (Å²) in [5, 5.41) is 32.3. The maximum absolute atomic E-state index is 12.0. The lowest BCUT2D eigenvalue weighted by atomic mass is 10.1. The topological polar surface area (TPSA) is 183 Å². The second-order valence-electron chi connectivity index (χ2n) is 5.53. The zero-order valence-corrected chi connectivity index (χ0v) is 14.5. The van der Waals surface area contributed by atoms with Gasteiger partial charge in [0.25, 0.3) is 5.95 Å². The maximum Gasteiger partial charge on any atom is 0.321 e. The van der Waals surface area contributed by atoms with Crippen LogP contribution in [0.25, 0.3) is 11.2 Å². The summed E-state index contributed by atoms with van der Waals surface area (Å²) in [5.41, 5.74) is 5.76. The summed E-state index contributed by atoms with van der Waals surface area (Å²) in [7, 11) is 1.58. The molecule has 2 aromatic rings. The number of ether oxygens (including phenoxy) is 1. The smallest absolute Gasteiger partial charge is 0.321 e. The van der Waals surface area contributed by atoms with Gasteiger partial charge < -0.3 is 40.1 Å². The molecule has 0 amide bonds. The summed E-state index contributed by atoms with van der Waals surface area (Å²) < 4.78 is 13.0. The third-order valence-corrected chi connectivity index (χ3v) is 4.57. The monoisotopic (exact) mass is 393 g/mol. The van der Waals surface area contributed by atoms with E-state index in [1.54, 1.807) is 7.05 Å². The van der Waals surface area contributed by atoms with Gasteiger partial charge in [-0.15, -0.1) is 0 Å². The molecule has 0 aromatic carbocycles. The quantitative estimate of drug-likeness (QED) is 0.260. The van der Waals surface area contributed by atoms with E-state index in [-0.39, 0.29) is 17.1 Å². The molecule has 1 aliphatic rings. The van der Waals surface area contributed by atoms with E-state index >= 15 is 0 Å². The molecule has 12 nitrogen and oxygen atoms in total. The van der Waals surface area contributed by atoms with E-state index in [0.717, 1.165) is 0 Å². The first-order valence-corrected chi connectivity index (χ1v) is 9.63. The van der Waals surface area contributed by atoms with Gasteiger partial charge in [-0.3, -0.25) is 4.57 Å². The molecule has 6 N–H and O–H groups in total. The van der Waals surface area contributed by atoms with Crippen LogP contribution < -0.4 is 15.4 Å². The fourth-order valence-corrected chi connectivity index (χ4v) is 3.20. The van der Waals surface area contributed by atoms with E-state index in [0.29, 0.717) is 0 Å². The third-order valence-electron chi connectivity index (χ3n) is 3.76. The molecule has 3 heterocycles. The second-order valence-corrected chi connectivity index (χ2v) is 8.19. The number of aliphatic hydroxyl groups is 2. The molecule has 25 heavy (non-hydrogen) atoms. The lowest BCUT2D eigenvalue weighted by Crippen LogP contribution is -2.46. The molecule has 0 radical (unpaired) electrons. The Kier molecular flexibility index (Phi) is 4.68. The predicted octanol–water partition coefficient (Wildman–Crippen LogP) is -3.24. The minimum atomic E-state index is -3.93. The van der Waals surface area contributed by atoms with Crippen molar-refractivity contribution in [3.05, 3.63) is 6.33 Å². The number of hydrogen-bond donors (Lipinski definition) is 5. The predicted molar refractivity (Wildman–Crippen MR) is 83.2 cm³/mol. The minimum absolute atomic E-state index is 0.118. The number of nitrogens with two attached hydrogens (primary N) is 1. The Balaban J connectivity index is 1.94. The summed E-state index contributed by atoms with van der Waals surface area (Å²) in [6, 6.07) is 0. The highest BCUT2D eigenvalue weighted by Gasteiger charge is 2.47. The summed E-state index contributed by atoms with van der Waals surface area (Å²) in [4.78, 5) is 25.7. The molecule has 4 atom stereocenters. The van der Waals surface area contributed by atoms with Crippen molar-refractivity contribution in [1.82, 2.24) is 14.5 Å². The fraction of sp³-hybridized carbons (Fsp3) is 0.545. The number of aliphatic hydroxyl groups excluding tert-OH is 2. The van der Waals surface area contributed by atoms with Gasteiger partial charge in [0, 0.05) is 5.88 Å². The molecule has 0 bridgehead atoms. The zero-order valence-electron chi connectivity index (χ0n) is 12.8. The largest absolute Gasteiger partial charge is 0.856 e. The lowest BCUT2D eigenvalue weighted by Gasteiger charge is -2.15. The van der Waals surface area contributed by atoms with Crippen LogP contribution in [0.3, 0.4) is 0 Å². The number of nitrogens with zero attached hydrogens (tertiary/aromatic N) is 4. The first-order valence-electron chi connectivity index (χ1n) is 7.01. The third kappa shape index (κ3) is 3.45. The first-order chi connectivity index (χ1) is 11.6. The molecular weight excluding hydrogens is 377 g/mol. The van der Waals surface area contributed by atoms with E-state index in [4.69, 9.17) is 20.3 Å². The van der Waals surface area contributed by atoms with Crippen molar-refractivity contribution in [3.63, 3.8) is 0 Å². The summed E-state index contributed by atoms with van der Waals surface area (Å²) >= 11 is 4.33. The molecular formula is C11H16N5O7PS. The molecule has 0 aliphatic carbocycles. The minimum Gasteiger partial charge on any atom is -0.856 e. The lowest BCUT2D eigenvalue weighted by molar-refractivity contribution is -0.745. The summed E-state index contributed by atoms with van der Waals surface area (Å²) in [5.74, 6) is -0.843. The van der Waals surface area contributed by atoms with E-state index in [2.05, 4.69) is 26.3 Å². The van der Waals surface area contributed by atoms with Gasteiger partial charge in [0.1, 0.15) is 18.3 Å². The SMILES string of the molecule is Cn1c[n+]([C@@H]2O[C@H](COP(O)(O)=S)[C@@H](O)[C@H]2O)c2nc(N)nc([O-])c21. The number of anilines is 1. The number of hydrogen-bond acceptors (Lipinski definition) is 9. The number of imidazole rings is 1. The number of nitrogen functional groups attached to an aromatic ring is 1. The summed E-state index contributed by atoms with van der Waals surface area (Å²) in [6.07, 6.45) is -3.54. The molecule has 1 saturated heterocycles. The average molecular weight is 393 g/mol. The number of aromatic nitrogens is 4. The van der Waals surface area contributed by atoms with Crippen molar-refractivity contribution in [2.75, 3.05) is 12.3 Å². The Morgan fingerprint density at radius 3 is 2.76 bits per heavy atom. The van der Waals surface area contributed by atoms with Crippen LogP contribution >= 0.6 is 6.72 Å². The van der Waals surface area contributed by atoms with Crippen molar-refractivity contribution in [3.8, 4) is 5.88 Å². The maximum atomic E-state index is 12.0. The van der Waals surface area contributed by atoms with E-state index in [1.807, 2.05) is 0 Å². The van der Waals surface area contributed by atoms with Gasteiger partial charge in [0.15, 0.2) is 11.8 Å². The van der Waals surface area contributed by atoms with Gasteiger partial charge in [0.05, 0.1) is 13.7 Å². The highest BCUT2D eigenvalue weighted by molar-refractivity contribution is 8.06. The molecule has 1 fully saturated rings. The van der Waals surface area contributed by atoms with Crippen LogP contribution in [0.4, 0.5) is 5.95 Å². The van der Waals surface area contributed by atoms with Crippen molar-refractivity contribution in [1.29, 1.82) is 0 Å². The zero-order chi connectivity index (χ0) is 18.5. The van der Waals surface area contributed by atoms with Crippen molar-refractivity contribution >= 4 is 35.6 Å². The van der Waals surface area contributed by atoms with Crippen LogP contribution in [0, 0.1) is 0 Å². The van der Waals surface area contributed by atoms with Crippen LogP contribution in [0.2, 0.25) is 0 Å². The van der Waals surface area contributed by atoms with Crippen molar-refractivity contribution in [2.45, 2.75) is 24.5 Å². The van der Waals surface area contributed by atoms with Gasteiger partial charge >= 0.3 is 12.4 Å². The number of fused-ring (bicyclic) bond motifs is 1. The Morgan fingerprint density at radius 1 is 1.44 bits per heavy atom. The molecule has 1 aliphatic heterocycles. The average Bonchev–Trinajstić information content (AvgIpc) is 2.95. The normalized spacial score (nSPS) is 27.2. The van der Waals surface area contributed by atoms with Crippen molar-refractivity contribution in [2.24, 2.45) is 7.05 Å². The van der Waals surface area contributed by atoms with Gasteiger partial charge in [0.2, 0.25) is 6.23 Å². The van der Waals surface area contributed by atoms with Crippen LogP contribution in [0.1, 0.15) is 6.23 Å². The molecule has 3 rings (SSSR count). The highest BCUT2D eigenvalue weighted by Crippen LogP contribution is 2.38. The Morgan fingerprint density at radius 2 is 2.12 bits per heavy atom. The van der Waals surface area contributed by atoms with Crippen LogP contribution in [-0.2, 0) is 28.1 Å². The molecule has 0 saturated carbocycles. The number of rotatable bonds is 4. The van der Waals surface area contributed by atoms with E-state index < -0.39 is 43.7 Å². The summed E-state index contributed by atoms with van der Waals surface area (Å²) in [6.45, 7) is -4.37. The molecule has 138 valence electrons. The van der Waals surface area contributed by atoms with Crippen LogP contribution in [-0.4, -0.2) is 59.5 Å². The van der Waals surface area contributed by atoms with Gasteiger partial charge in [-0.2, -0.15) is 0 Å². The first kappa shape index (κ1) is 18.4. The van der Waals surface area contributed by atoms with Gasteiger partial charge in [-0.25, -0.2) is 9.55 Å². The van der Waals surface area contributed by atoms with Crippen LogP contribution in [0.15, 0.2) is 6.33 Å². The Labute approximate surface area is 146 Å². The Bertz CT molecular complexity index is 857. The van der Waals surface area contributed by atoms with Crippen LogP contribution in [0.5, 0.6) is 5.88 Å².